The van der Waals surface area contributed by atoms with Crippen LogP contribution in [0.5, 0.6) is 0 Å². The quantitative estimate of drug-likeness (QED) is 0.821. The first-order valence-corrected chi connectivity index (χ1v) is 10.2. The van der Waals surface area contributed by atoms with E-state index in [9.17, 15) is 17.6 Å². The second-order valence-electron chi connectivity index (χ2n) is 6.68. The fourth-order valence-corrected chi connectivity index (χ4v) is 5.18. The SMILES string of the molecule is O=C(C1CCS(=O)(=O)C1)N1CCCN(Cc2ccc(F)cc2)CC1. The zero-order chi connectivity index (χ0) is 17.2. The highest BCUT2D eigenvalue weighted by atomic mass is 32.2. The molecule has 1 aromatic carbocycles. The lowest BCUT2D eigenvalue weighted by atomic mass is 10.1. The maximum Gasteiger partial charge on any atom is 0.226 e. The monoisotopic (exact) mass is 354 g/mol. The van der Waals surface area contributed by atoms with Gasteiger partial charge in [-0.05, 0) is 30.5 Å². The summed E-state index contributed by atoms with van der Waals surface area (Å²) in [5, 5.41) is 0. The first kappa shape index (κ1) is 17.4. The van der Waals surface area contributed by atoms with Crippen molar-refractivity contribution in [2.24, 2.45) is 5.92 Å². The molecule has 1 aromatic rings. The molecule has 0 spiro atoms. The number of benzene rings is 1. The van der Waals surface area contributed by atoms with E-state index >= 15 is 0 Å². The molecule has 2 aliphatic heterocycles. The summed E-state index contributed by atoms with van der Waals surface area (Å²) in [4.78, 5) is 16.6. The van der Waals surface area contributed by atoms with Gasteiger partial charge in [-0.25, -0.2) is 12.8 Å². The molecule has 7 heteroatoms. The first-order valence-electron chi connectivity index (χ1n) is 8.39. The lowest BCUT2D eigenvalue weighted by Gasteiger charge is -2.24. The summed E-state index contributed by atoms with van der Waals surface area (Å²) < 4.78 is 36.1. The van der Waals surface area contributed by atoms with Gasteiger partial charge in [0.15, 0.2) is 9.84 Å². The minimum Gasteiger partial charge on any atom is -0.341 e. The number of halogens is 1. The summed E-state index contributed by atoms with van der Waals surface area (Å²) in [5.74, 6) is -0.480. The van der Waals surface area contributed by atoms with Gasteiger partial charge in [-0.2, -0.15) is 0 Å². The van der Waals surface area contributed by atoms with Crippen molar-refractivity contribution in [2.75, 3.05) is 37.7 Å². The van der Waals surface area contributed by atoms with Gasteiger partial charge in [-0.1, -0.05) is 12.1 Å². The number of carbonyl (C=O) groups is 1. The molecule has 1 atom stereocenters. The van der Waals surface area contributed by atoms with Crippen LogP contribution in [0, 0.1) is 11.7 Å². The number of nitrogens with zero attached hydrogens (tertiary/aromatic N) is 2. The number of rotatable bonds is 3. The summed E-state index contributed by atoms with van der Waals surface area (Å²) in [5.41, 5.74) is 1.05. The maximum absolute atomic E-state index is 13.0. The van der Waals surface area contributed by atoms with Gasteiger partial charge in [0.25, 0.3) is 0 Å². The maximum atomic E-state index is 13.0. The molecule has 2 heterocycles. The molecule has 2 aliphatic rings. The Labute approximate surface area is 142 Å². The molecular weight excluding hydrogens is 331 g/mol. The Morgan fingerprint density at radius 2 is 1.88 bits per heavy atom. The number of amides is 1. The van der Waals surface area contributed by atoms with Crippen LogP contribution < -0.4 is 0 Å². The molecule has 2 fully saturated rings. The minimum absolute atomic E-state index is 0.00161. The van der Waals surface area contributed by atoms with E-state index in [1.54, 1.807) is 12.1 Å². The summed E-state index contributed by atoms with van der Waals surface area (Å²) >= 11 is 0. The predicted molar refractivity (Wildman–Crippen MR) is 89.6 cm³/mol. The number of carbonyl (C=O) groups excluding carboxylic acids is 1. The molecular formula is C17H23FN2O3S. The van der Waals surface area contributed by atoms with Gasteiger partial charge >= 0.3 is 0 Å². The van der Waals surface area contributed by atoms with Crippen LogP contribution in [-0.2, 0) is 21.2 Å². The van der Waals surface area contributed by atoms with Crippen molar-refractivity contribution in [1.29, 1.82) is 0 Å². The Kier molecular flexibility index (Phi) is 5.20. The van der Waals surface area contributed by atoms with E-state index < -0.39 is 9.84 Å². The average Bonchev–Trinajstić information content (AvgIpc) is 2.77. The first-order chi connectivity index (χ1) is 11.4. The van der Waals surface area contributed by atoms with Crippen LogP contribution >= 0.6 is 0 Å². The van der Waals surface area contributed by atoms with Gasteiger partial charge in [0.05, 0.1) is 17.4 Å². The van der Waals surface area contributed by atoms with Crippen LogP contribution in [0.15, 0.2) is 24.3 Å². The zero-order valence-electron chi connectivity index (χ0n) is 13.7. The second kappa shape index (κ2) is 7.19. The lowest BCUT2D eigenvalue weighted by Crippen LogP contribution is -2.39. The third-order valence-electron chi connectivity index (χ3n) is 4.80. The molecule has 0 bridgehead atoms. The zero-order valence-corrected chi connectivity index (χ0v) is 14.5. The van der Waals surface area contributed by atoms with Gasteiger partial charge in [-0.3, -0.25) is 9.69 Å². The standard InChI is InChI=1S/C17H23FN2O3S/c18-16-4-2-14(3-5-16)12-19-7-1-8-20(10-9-19)17(21)15-6-11-24(22,23)13-15/h2-5,15H,1,6-13H2. The second-order valence-corrected chi connectivity index (χ2v) is 8.91. The van der Waals surface area contributed by atoms with Gasteiger partial charge in [-0.15, -0.1) is 0 Å². The Balaban J connectivity index is 1.55. The fourth-order valence-electron chi connectivity index (χ4n) is 3.45. The number of hydrogen-bond acceptors (Lipinski definition) is 4. The summed E-state index contributed by atoms with van der Waals surface area (Å²) in [6.07, 6.45) is 1.32. The van der Waals surface area contributed by atoms with Gasteiger partial charge in [0.2, 0.25) is 5.91 Å². The smallest absolute Gasteiger partial charge is 0.226 e. The lowest BCUT2D eigenvalue weighted by molar-refractivity contribution is -0.134. The van der Waals surface area contributed by atoms with Gasteiger partial charge < -0.3 is 4.90 Å². The van der Waals surface area contributed by atoms with Crippen molar-refractivity contribution in [3.8, 4) is 0 Å². The molecule has 2 saturated heterocycles. The van der Waals surface area contributed by atoms with E-state index in [0.717, 1.165) is 31.6 Å². The molecule has 1 amide bonds. The molecule has 3 rings (SSSR count). The molecule has 1 unspecified atom stereocenters. The van der Waals surface area contributed by atoms with E-state index in [4.69, 9.17) is 0 Å². The molecule has 24 heavy (non-hydrogen) atoms. The predicted octanol–water partition coefficient (Wildman–Crippen LogP) is 1.29. The van der Waals surface area contributed by atoms with Crippen LogP contribution in [0.1, 0.15) is 18.4 Å². The highest BCUT2D eigenvalue weighted by Crippen LogP contribution is 2.21. The molecule has 0 aliphatic carbocycles. The Hall–Kier alpha value is -1.47. The third-order valence-corrected chi connectivity index (χ3v) is 6.57. The Bertz CT molecular complexity index is 690. The summed E-state index contributed by atoms with van der Waals surface area (Å²) in [6.45, 7) is 3.67. The summed E-state index contributed by atoms with van der Waals surface area (Å²) in [6, 6.07) is 6.49. The van der Waals surface area contributed by atoms with Crippen molar-refractivity contribution in [1.82, 2.24) is 9.80 Å². The van der Waals surface area contributed by atoms with Crippen LogP contribution in [0.25, 0.3) is 0 Å². The largest absolute Gasteiger partial charge is 0.341 e. The highest BCUT2D eigenvalue weighted by molar-refractivity contribution is 7.91. The van der Waals surface area contributed by atoms with Gasteiger partial charge in [0, 0.05) is 32.7 Å². The van der Waals surface area contributed by atoms with Crippen LogP contribution in [0.2, 0.25) is 0 Å². The highest BCUT2D eigenvalue weighted by Gasteiger charge is 2.35. The van der Waals surface area contributed by atoms with Crippen molar-refractivity contribution in [3.63, 3.8) is 0 Å². The molecule has 0 aromatic heterocycles. The van der Waals surface area contributed by atoms with E-state index in [-0.39, 0.29) is 29.1 Å². The molecule has 0 radical (unpaired) electrons. The summed E-state index contributed by atoms with van der Waals surface area (Å²) in [7, 11) is -3.03. The van der Waals surface area contributed by atoms with Crippen molar-refractivity contribution < 1.29 is 17.6 Å². The van der Waals surface area contributed by atoms with Crippen molar-refractivity contribution in [3.05, 3.63) is 35.6 Å². The third kappa shape index (κ3) is 4.33. The topological polar surface area (TPSA) is 57.7 Å². The molecule has 0 saturated carbocycles. The van der Waals surface area contributed by atoms with Crippen LogP contribution in [0.3, 0.4) is 0 Å². The Morgan fingerprint density at radius 3 is 2.54 bits per heavy atom. The van der Waals surface area contributed by atoms with E-state index in [1.165, 1.54) is 12.1 Å². The van der Waals surface area contributed by atoms with Crippen molar-refractivity contribution >= 4 is 15.7 Å². The Morgan fingerprint density at radius 1 is 1.12 bits per heavy atom. The average molecular weight is 354 g/mol. The molecule has 0 N–H and O–H groups in total. The minimum atomic E-state index is -3.03. The van der Waals surface area contributed by atoms with E-state index in [2.05, 4.69) is 4.90 Å². The van der Waals surface area contributed by atoms with Crippen LogP contribution in [0.4, 0.5) is 4.39 Å². The normalized spacial score (nSPS) is 24.7. The number of sulfone groups is 1. The molecule has 132 valence electrons. The van der Waals surface area contributed by atoms with Gasteiger partial charge in [0.1, 0.15) is 5.82 Å². The van der Waals surface area contributed by atoms with Crippen molar-refractivity contribution in [2.45, 2.75) is 19.4 Å². The number of hydrogen-bond donors (Lipinski definition) is 0. The van der Waals surface area contributed by atoms with E-state index in [1.807, 2.05) is 4.90 Å². The molecule has 5 nitrogen and oxygen atoms in total. The van der Waals surface area contributed by atoms with Crippen LogP contribution in [-0.4, -0.2) is 61.8 Å². The van der Waals surface area contributed by atoms with E-state index in [0.29, 0.717) is 19.5 Å². The fraction of sp³-hybridized carbons (Fsp3) is 0.588.